The molecule has 0 saturated carbocycles. The zero-order valence-electron chi connectivity index (χ0n) is 12.2. The molecule has 3 heteroatoms. The lowest BCUT2D eigenvalue weighted by Gasteiger charge is -2.34. The van der Waals surface area contributed by atoms with Gasteiger partial charge >= 0.3 is 0 Å². The molecule has 1 atom stereocenters. The predicted molar refractivity (Wildman–Crippen MR) is 75.5 cm³/mol. The SMILES string of the molecule is CNCCCC(C)N(C)CC1CCN(C)CC1. The molecule has 1 aliphatic heterocycles. The van der Waals surface area contributed by atoms with E-state index in [1.54, 1.807) is 0 Å². The van der Waals surface area contributed by atoms with Gasteiger partial charge in [-0.3, -0.25) is 0 Å². The minimum absolute atomic E-state index is 0.725. The summed E-state index contributed by atoms with van der Waals surface area (Å²) in [4.78, 5) is 5.01. The lowest BCUT2D eigenvalue weighted by molar-refractivity contribution is 0.150. The van der Waals surface area contributed by atoms with Crippen LogP contribution in [0, 0.1) is 5.92 Å². The molecule has 0 bridgehead atoms. The maximum absolute atomic E-state index is 3.22. The van der Waals surface area contributed by atoms with Gasteiger partial charge in [0.25, 0.3) is 0 Å². The van der Waals surface area contributed by atoms with Crippen LogP contribution in [-0.4, -0.2) is 63.2 Å². The highest BCUT2D eigenvalue weighted by Crippen LogP contribution is 2.18. The minimum atomic E-state index is 0.725. The predicted octanol–water partition coefficient (Wildman–Crippen LogP) is 1.65. The first-order chi connectivity index (χ1) is 8.13. The molecule has 0 radical (unpaired) electrons. The number of piperidine rings is 1. The molecule has 0 aromatic rings. The second kappa shape index (κ2) is 8.06. The van der Waals surface area contributed by atoms with Crippen LogP contribution in [0.1, 0.15) is 32.6 Å². The van der Waals surface area contributed by atoms with E-state index in [0.717, 1.165) is 18.5 Å². The van der Waals surface area contributed by atoms with Gasteiger partial charge in [-0.25, -0.2) is 0 Å². The number of nitrogens with one attached hydrogen (secondary N) is 1. The fourth-order valence-electron chi connectivity index (χ4n) is 2.63. The van der Waals surface area contributed by atoms with E-state index in [2.05, 4.69) is 36.1 Å². The van der Waals surface area contributed by atoms with Gasteiger partial charge in [-0.2, -0.15) is 0 Å². The number of hydrogen-bond acceptors (Lipinski definition) is 3. The van der Waals surface area contributed by atoms with Crippen molar-refractivity contribution in [3.05, 3.63) is 0 Å². The Hall–Kier alpha value is -0.120. The van der Waals surface area contributed by atoms with Gasteiger partial charge in [0.2, 0.25) is 0 Å². The second-order valence-electron chi connectivity index (χ2n) is 5.78. The van der Waals surface area contributed by atoms with Crippen molar-refractivity contribution >= 4 is 0 Å². The maximum Gasteiger partial charge on any atom is 0.00644 e. The maximum atomic E-state index is 3.22. The number of hydrogen-bond donors (Lipinski definition) is 1. The summed E-state index contributed by atoms with van der Waals surface area (Å²) < 4.78 is 0. The zero-order chi connectivity index (χ0) is 12.7. The second-order valence-corrected chi connectivity index (χ2v) is 5.78. The van der Waals surface area contributed by atoms with Crippen LogP contribution in [0.25, 0.3) is 0 Å². The normalized spacial score (nSPS) is 21.0. The molecule has 0 aliphatic carbocycles. The minimum Gasteiger partial charge on any atom is -0.320 e. The van der Waals surface area contributed by atoms with Gasteiger partial charge in [-0.1, -0.05) is 0 Å². The molecule has 1 heterocycles. The van der Waals surface area contributed by atoms with Gasteiger partial charge in [0.1, 0.15) is 0 Å². The van der Waals surface area contributed by atoms with Gasteiger partial charge < -0.3 is 15.1 Å². The summed E-state index contributed by atoms with van der Waals surface area (Å²) in [5, 5.41) is 3.22. The van der Waals surface area contributed by atoms with Gasteiger partial charge in [-0.05, 0) is 79.3 Å². The highest BCUT2D eigenvalue weighted by Gasteiger charge is 2.19. The molecule has 17 heavy (non-hydrogen) atoms. The Morgan fingerprint density at radius 1 is 1.35 bits per heavy atom. The fourth-order valence-corrected chi connectivity index (χ4v) is 2.63. The largest absolute Gasteiger partial charge is 0.320 e. The van der Waals surface area contributed by atoms with Gasteiger partial charge in [-0.15, -0.1) is 0 Å². The average molecular weight is 241 g/mol. The first-order valence-corrected chi connectivity index (χ1v) is 7.17. The molecule has 0 spiro atoms. The standard InChI is InChI=1S/C14H31N3/c1-13(6-5-9-15-2)17(4)12-14-7-10-16(3)11-8-14/h13-15H,5-12H2,1-4H3. The average Bonchev–Trinajstić information content (AvgIpc) is 2.32. The van der Waals surface area contributed by atoms with E-state index in [-0.39, 0.29) is 0 Å². The van der Waals surface area contributed by atoms with Crippen molar-refractivity contribution < 1.29 is 0 Å². The smallest absolute Gasteiger partial charge is 0.00644 e. The Balaban J connectivity index is 2.16. The third-order valence-corrected chi connectivity index (χ3v) is 4.19. The van der Waals surface area contributed by atoms with Gasteiger partial charge in [0, 0.05) is 12.6 Å². The summed E-state index contributed by atoms with van der Waals surface area (Å²) >= 11 is 0. The van der Waals surface area contributed by atoms with Crippen LogP contribution in [0.15, 0.2) is 0 Å². The molecule has 1 aliphatic rings. The molecular weight excluding hydrogens is 210 g/mol. The Morgan fingerprint density at radius 3 is 2.59 bits per heavy atom. The van der Waals surface area contributed by atoms with E-state index >= 15 is 0 Å². The molecule has 3 nitrogen and oxygen atoms in total. The highest BCUT2D eigenvalue weighted by atomic mass is 15.1. The monoisotopic (exact) mass is 241 g/mol. The number of rotatable bonds is 7. The van der Waals surface area contributed by atoms with Crippen LogP contribution >= 0.6 is 0 Å². The molecule has 1 N–H and O–H groups in total. The van der Waals surface area contributed by atoms with Crippen molar-refractivity contribution in [1.29, 1.82) is 0 Å². The molecule has 1 saturated heterocycles. The molecule has 0 amide bonds. The lowest BCUT2D eigenvalue weighted by atomic mass is 9.96. The van der Waals surface area contributed by atoms with E-state index in [1.807, 2.05) is 7.05 Å². The Labute approximate surface area is 108 Å². The number of likely N-dealkylation sites (tertiary alicyclic amines) is 1. The zero-order valence-corrected chi connectivity index (χ0v) is 12.2. The summed E-state index contributed by atoms with van der Waals surface area (Å²) in [5.41, 5.74) is 0. The molecule has 1 unspecified atom stereocenters. The third kappa shape index (κ3) is 5.84. The van der Waals surface area contributed by atoms with Crippen molar-refractivity contribution in [2.45, 2.75) is 38.6 Å². The first kappa shape index (κ1) is 14.9. The Kier molecular flexibility index (Phi) is 7.09. The summed E-state index contributed by atoms with van der Waals surface area (Å²) in [6.07, 6.45) is 5.35. The van der Waals surface area contributed by atoms with E-state index in [1.165, 1.54) is 45.3 Å². The van der Waals surface area contributed by atoms with Crippen LogP contribution in [-0.2, 0) is 0 Å². The van der Waals surface area contributed by atoms with Gasteiger partial charge in [0.05, 0.1) is 0 Å². The van der Waals surface area contributed by atoms with Crippen molar-refractivity contribution in [3.8, 4) is 0 Å². The van der Waals surface area contributed by atoms with Crippen LogP contribution in [0.4, 0.5) is 0 Å². The van der Waals surface area contributed by atoms with Crippen LogP contribution in [0.3, 0.4) is 0 Å². The van der Waals surface area contributed by atoms with E-state index in [4.69, 9.17) is 0 Å². The molecule has 0 aromatic heterocycles. The van der Waals surface area contributed by atoms with Crippen molar-refractivity contribution in [3.63, 3.8) is 0 Å². The molecular formula is C14H31N3. The van der Waals surface area contributed by atoms with Crippen molar-refractivity contribution in [2.24, 2.45) is 5.92 Å². The Bertz CT molecular complexity index is 188. The summed E-state index contributed by atoms with van der Waals surface area (Å²) in [6, 6.07) is 0.725. The van der Waals surface area contributed by atoms with Crippen molar-refractivity contribution in [2.75, 3.05) is 47.3 Å². The van der Waals surface area contributed by atoms with E-state index in [0.29, 0.717) is 0 Å². The Morgan fingerprint density at radius 2 is 2.00 bits per heavy atom. The summed E-state index contributed by atoms with van der Waals surface area (Å²) in [6.45, 7) is 7.37. The highest BCUT2D eigenvalue weighted by molar-refractivity contribution is 4.74. The van der Waals surface area contributed by atoms with E-state index < -0.39 is 0 Å². The summed E-state index contributed by atoms with van der Waals surface area (Å²) in [5.74, 6) is 0.919. The molecule has 102 valence electrons. The topological polar surface area (TPSA) is 18.5 Å². The van der Waals surface area contributed by atoms with Crippen LogP contribution < -0.4 is 5.32 Å². The molecule has 1 rings (SSSR count). The quantitative estimate of drug-likeness (QED) is 0.684. The van der Waals surface area contributed by atoms with Gasteiger partial charge in [0.15, 0.2) is 0 Å². The fraction of sp³-hybridized carbons (Fsp3) is 1.00. The summed E-state index contributed by atoms with van der Waals surface area (Å²) in [7, 11) is 6.57. The number of nitrogens with zero attached hydrogens (tertiary/aromatic N) is 2. The van der Waals surface area contributed by atoms with E-state index in [9.17, 15) is 0 Å². The van der Waals surface area contributed by atoms with Crippen LogP contribution in [0.5, 0.6) is 0 Å². The lowest BCUT2D eigenvalue weighted by Crippen LogP contribution is -2.39. The molecule has 1 fully saturated rings. The first-order valence-electron chi connectivity index (χ1n) is 7.17. The van der Waals surface area contributed by atoms with Crippen molar-refractivity contribution in [1.82, 2.24) is 15.1 Å². The third-order valence-electron chi connectivity index (χ3n) is 4.19. The van der Waals surface area contributed by atoms with Crippen LogP contribution in [0.2, 0.25) is 0 Å². The molecule has 0 aromatic carbocycles.